The Morgan fingerprint density at radius 3 is 2.78 bits per heavy atom. The molecular weight excluding hydrogens is 300 g/mol. The van der Waals surface area contributed by atoms with Gasteiger partial charge in [0.25, 0.3) is 5.91 Å². The number of nitrogens with zero attached hydrogens (tertiary/aromatic N) is 2. The zero-order chi connectivity index (χ0) is 16.4. The topological polar surface area (TPSA) is 39.3 Å². The smallest absolute Gasteiger partial charge is 0.255 e. The van der Waals surface area contributed by atoms with E-state index in [-0.39, 0.29) is 17.8 Å². The van der Waals surface area contributed by atoms with E-state index in [9.17, 15) is 13.6 Å². The number of halogens is 2. The van der Waals surface area contributed by atoms with E-state index >= 15 is 0 Å². The normalized spacial score (nSPS) is 19.5. The molecule has 122 valence electrons. The van der Waals surface area contributed by atoms with Crippen molar-refractivity contribution in [3.8, 4) is 0 Å². The fourth-order valence-corrected chi connectivity index (χ4v) is 3.70. The van der Waals surface area contributed by atoms with E-state index in [2.05, 4.69) is 4.98 Å². The molecule has 0 aliphatic carbocycles. The monoisotopic (exact) mass is 319 g/mol. The molecule has 0 unspecified atom stereocenters. The summed E-state index contributed by atoms with van der Waals surface area (Å²) in [6.45, 7) is 5.34. The Hall–Kier alpha value is -1.95. The fraction of sp³-hybridized carbons (Fsp3) is 0.471. The number of carbonyl (C=O) groups excluding carboxylic acids is 1. The quantitative estimate of drug-likeness (QED) is 0.945. The van der Waals surface area contributed by atoms with E-state index in [1.165, 1.54) is 6.20 Å². The van der Waals surface area contributed by atoms with Crippen LogP contribution in [-0.2, 0) is 6.54 Å². The number of rotatable bonds is 3. The number of aromatic amines is 1. The van der Waals surface area contributed by atoms with Crippen LogP contribution in [-0.4, -0.2) is 52.0 Å². The number of aromatic nitrogens is 1. The van der Waals surface area contributed by atoms with E-state index in [1.807, 2.05) is 17.0 Å². The van der Waals surface area contributed by atoms with Gasteiger partial charge in [-0.1, -0.05) is 6.07 Å². The van der Waals surface area contributed by atoms with Gasteiger partial charge in [-0.2, -0.15) is 0 Å². The Morgan fingerprint density at radius 2 is 2.09 bits per heavy atom. The van der Waals surface area contributed by atoms with Crippen LogP contribution in [0, 0.1) is 5.82 Å². The molecule has 2 aliphatic rings. The number of H-pyrrole nitrogens is 1. The first-order valence-corrected chi connectivity index (χ1v) is 7.84. The average molecular weight is 319 g/mol. The average Bonchev–Trinajstić information content (AvgIpc) is 2.94. The summed E-state index contributed by atoms with van der Waals surface area (Å²) in [5.74, 6) is -0.505. The molecule has 0 saturated carbocycles. The minimum atomic E-state index is -1.23. The number of nitrogens with one attached hydrogen (secondary N) is 1. The SMILES string of the molecule is CC(C)(F)CN1CC(N2Cc3ccc4[nH]cc(F)c4c3C2=O)C1. The molecule has 2 aliphatic heterocycles. The van der Waals surface area contributed by atoms with Crippen LogP contribution in [0.25, 0.3) is 10.9 Å². The van der Waals surface area contributed by atoms with E-state index in [1.54, 1.807) is 18.7 Å². The molecule has 2 aromatic rings. The van der Waals surface area contributed by atoms with Gasteiger partial charge in [0.2, 0.25) is 0 Å². The van der Waals surface area contributed by atoms with Crippen molar-refractivity contribution in [2.75, 3.05) is 19.6 Å². The van der Waals surface area contributed by atoms with Crippen molar-refractivity contribution in [3.63, 3.8) is 0 Å². The van der Waals surface area contributed by atoms with Crippen LogP contribution in [0.15, 0.2) is 18.3 Å². The van der Waals surface area contributed by atoms with Crippen LogP contribution in [0.1, 0.15) is 29.8 Å². The Morgan fingerprint density at radius 1 is 1.35 bits per heavy atom. The van der Waals surface area contributed by atoms with Crippen molar-refractivity contribution in [1.82, 2.24) is 14.8 Å². The van der Waals surface area contributed by atoms with Crippen molar-refractivity contribution < 1.29 is 13.6 Å². The number of carbonyl (C=O) groups is 1. The molecule has 1 saturated heterocycles. The van der Waals surface area contributed by atoms with Crippen molar-refractivity contribution in [2.24, 2.45) is 0 Å². The zero-order valence-electron chi connectivity index (χ0n) is 13.2. The van der Waals surface area contributed by atoms with Crippen LogP contribution < -0.4 is 0 Å². The lowest BCUT2D eigenvalue weighted by Crippen LogP contribution is -2.61. The minimum Gasteiger partial charge on any atom is -0.359 e. The van der Waals surface area contributed by atoms with Crippen molar-refractivity contribution >= 4 is 16.8 Å². The molecule has 0 spiro atoms. The van der Waals surface area contributed by atoms with Gasteiger partial charge < -0.3 is 9.88 Å². The highest BCUT2D eigenvalue weighted by atomic mass is 19.1. The second kappa shape index (κ2) is 4.77. The molecule has 4 nitrogen and oxygen atoms in total. The van der Waals surface area contributed by atoms with Gasteiger partial charge >= 0.3 is 0 Å². The summed E-state index contributed by atoms with van der Waals surface area (Å²) in [6, 6.07) is 3.77. The molecular formula is C17H19F2N3O. The summed E-state index contributed by atoms with van der Waals surface area (Å²) in [5, 5.41) is 0.385. The third kappa shape index (κ3) is 2.32. The van der Waals surface area contributed by atoms with E-state index in [0.717, 1.165) is 5.56 Å². The molecule has 1 aromatic heterocycles. The van der Waals surface area contributed by atoms with Gasteiger partial charge in [-0.05, 0) is 25.5 Å². The van der Waals surface area contributed by atoms with Gasteiger partial charge in [0.15, 0.2) is 0 Å². The van der Waals surface area contributed by atoms with E-state index < -0.39 is 5.67 Å². The lowest BCUT2D eigenvalue weighted by molar-refractivity contribution is 0.00615. The van der Waals surface area contributed by atoms with Gasteiger partial charge in [-0.3, -0.25) is 9.69 Å². The minimum absolute atomic E-state index is 0.0781. The standard InChI is InChI=1S/C17H19F2N3O/c1-17(2,19)9-21-7-11(8-21)22-6-10-3-4-13-15(12(18)5-20-13)14(10)16(22)23/h3-5,11,20H,6-9H2,1-2H3. The number of benzene rings is 1. The Balaban J connectivity index is 1.55. The molecule has 0 bridgehead atoms. The first-order valence-electron chi connectivity index (χ1n) is 7.84. The van der Waals surface area contributed by atoms with Gasteiger partial charge in [-0.25, -0.2) is 8.78 Å². The highest BCUT2D eigenvalue weighted by molar-refractivity contribution is 6.10. The maximum absolute atomic E-state index is 14.0. The van der Waals surface area contributed by atoms with Crippen LogP contribution in [0.3, 0.4) is 0 Å². The Bertz CT molecular complexity index is 787. The van der Waals surface area contributed by atoms with Gasteiger partial charge in [0.1, 0.15) is 11.5 Å². The summed E-state index contributed by atoms with van der Waals surface area (Å²) in [5.41, 5.74) is 0.755. The van der Waals surface area contributed by atoms with Crippen LogP contribution >= 0.6 is 0 Å². The predicted octanol–water partition coefficient (Wildman–Crippen LogP) is 2.70. The van der Waals surface area contributed by atoms with Crippen LogP contribution in [0.4, 0.5) is 8.78 Å². The summed E-state index contributed by atoms with van der Waals surface area (Å²) >= 11 is 0. The first kappa shape index (κ1) is 14.6. The maximum atomic E-state index is 14.0. The molecule has 1 fully saturated rings. The highest BCUT2D eigenvalue weighted by Gasteiger charge is 2.41. The number of fused-ring (bicyclic) bond motifs is 3. The van der Waals surface area contributed by atoms with Gasteiger partial charge in [-0.15, -0.1) is 0 Å². The number of alkyl halides is 1. The summed E-state index contributed by atoms with van der Waals surface area (Å²) in [4.78, 5) is 19.4. The summed E-state index contributed by atoms with van der Waals surface area (Å²) in [6.07, 6.45) is 1.29. The second-order valence-corrected chi connectivity index (χ2v) is 7.16. The molecule has 4 rings (SSSR count). The van der Waals surface area contributed by atoms with Crippen molar-refractivity contribution in [1.29, 1.82) is 0 Å². The summed E-state index contributed by atoms with van der Waals surface area (Å²) < 4.78 is 27.7. The van der Waals surface area contributed by atoms with Crippen LogP contribution in [0.2, 0.25) is 0 Å². The molecule has 1 amide bonds. The molecule has 1 aromatic carbocycles. The fourth-order valence-electron chi connectivity index (χ4n) is 3.70. The number of hydrogen-bond donors (Lipinski definition) is 1. The molecule has 0 radical (unpaired) electrons. The number of hydrogen-bond acceptors (Lipinski definition) is 2. The predicted molar refractivity (Wildman–Crippen MR) is 83.5 cm³/mol. The number of amides is 1. The Labute approximate surface area is 133 Å². The molecule has 1 N–H and O–H groups in total. The molecule has 0 atom stereocenters. The third-order valence-corrected chi connectivity index (χ3v) is 4.68. The molecule has 3 heterocycles. The van der Waals surface area contributed by atoms with Gasteiger partial charge in [0, 0.05) is 43.3 Å². The molecule has 23 heavy (non-hydrogen) atoms. The van der Waals surface area contributed by atoms with Gasteiger partial charge in [0.05, 0.1) is 11.6 Å². The molecule has 6 heteroatoms. The largest absolute Gasteiger partial charge is 0.359 e. The highest BCUT2D eigenvalue weighted by Crippen LogP contribution is 2.34. The lowest BCUT2D eigenvalue weighted by Gasteiger charge is -2.45. The third-order valence-electron chi connectivity index (χ3n) is 4.68. The Kier molecular flexibility index (Phi) is 3.04. The van der Waals surface area contributed by atoms with Crippen LogP contribution in [0.5, 0.6) is 0 Å². The van der Waals surface area contributed by atoms with Crippen molar-refractivity contribution in [3.05, 3.63) is 35.3 Å². The van der Waals surface area contributed by atoms with E-state index in [4.69, 9.17) is 0 Å². The second-order valence-electron chi connectivity index (χ2n) is 7.16. The summed E-state index contributed by atoms with van der Waals surface area (Å²) in [7, 11) is 0. The lowest BCUT2D eigenvalue weighted by atomic mass is 10.0. The van der Waals surface area contributed by atoms with Crippen molar-refractivity contribution in [2.45, 2.75) is 32.1 Å². The van der Waals surface area contributed by atoms with E-state index in [0.29, 0.717) is 42.6 Å². The number of likely N-dealkylation sites (tertiary alicyclic amines) is 1. The first-order chi connectivity index (χ1) is 10.8. The maximum Gasteiger partial charge on any atom is 0.255 e. The zero-order valence-corrected chi connectivity index (χ0v) is 13.2.